The first-order valence-electron chi connectivity index (χ1n) is 8.22. The quantitative estimate of drug-likeness (QED) is 0.414. The van der Waals surface area contributed by atoms with E-state index in [2.05, 4.69) is 20.3 Å². The fourth-order valence-electron chi connectivity index (χ4n) is 2.21. The molecular weight excluding hydrogens is 330 g/mol. The zero-order chi connectivity index (χ0) is 18.8. The second-order valence-corrected chi connectivity index (χ2v) is 5.51. The van der Waals surface area contributed by atoms with Crippen LogP contribution in [0.2, 0.25) is 0 Å². The number of aromatic nitrogens is 2. The SMILES string of the molecule is CO/N=C(\C)c1cccc(CCCO/N=C(\C)c2cccc(C#N)n2)n1. The maximum absolute atomic E-state index is 8.88. The summed E-state index contributed by atoms with van der Waals surface area (Å²) in [5.41, 5.74) is 4.11. The van der Waals surface area contributed by atoms with Crippen LogP contribution in [0.3, 0.4) is 0 Å². The fourth-order valence-corrected chi connectivity index (χ4v) is 2.21. The molecule has 0 aromatic carbocycles. The molecule has 0 amide bonds. The lowest BCUT2D eigenvalue weighted by Gasteiger charge is -2.05. The number of hydrogen-bond acceptors (Lipinski definition) is 7. The van der Waals surface area contributed by atoms with E-state index in [0.29, 0.717) is 23.7 Å². The van der Waals surface area contributed by atoms with Gasteiger partial charge in [-0.15, -0.1) is 0 Å². The van der Waals surface area contributed by atoms with Crippen molar-refractivity contribution in [2.75, 3.05) is 13.7 Å². The lowest BCUT2D eigenvalue weighted by atomic mass is 10.2. The molecule has 26 heavy (non-hydrogen) atoms. The van der Waals surface area contributed by atoms with E-state index in [1.165, 1.54) is 7.11 Å². The van der Waals surface area contributed by atoms with Gasteiger partial charge >= 0.3 is 0 Å². The smallest absolute Gasteiger partial charge is 0.141 e. The third-order valence-electron chi connectivity index (χ3n) is 3.51. The number of hydrogen-bond donors (Lipinski definition) is 0. The van der Waals surface area contributed by atoms with E-state index in [4.69, 9.17) is 14.9 Å². The summed E-state index contributed by atoms with van der Waals surface area (Å²) < 4.78 is 0. The molecule has 7 nitrogen and oxygen atoms in total. The van der Waals surface area contributed by atoms with Crippen LogP contribution >= 0.6 is 0 Å². The summed E-state index contributed by atoms with van der Waals surface area (Å²) in [5, 5.41) is 16.8. The van der Waals surface area contributed by atoms with Crippen LogP contribution in [0.4, 0.5) is 0 Å². The van der Waals surface area contributed by atoms with Crippen LogP contribution in [-0.4, -0.2) is 35.1 Å². The van der Waals surface area contributed by atoms with Crippen molar-refractivity contribution in [3.05, 3.63) is 59.2 Å². The molecule has 0 aliphatic heterocycles. The maximum Gasteiger partial charge on any atom is 0.141 e. The zero-order valence-electron chi connectivity index (χ0n) is 15.1. The molecule has 0 unspecified atom stereocenters. The Kier molecular flexibility index (Phi) is 7.25. The van der Waals surface area contributed by atoms with Gasteiger partial charge in [0.05, 0.1) is 11.4 Å². The van der Waals surface area contributed by atoms with Crippen molar-refractivity contribution in [2.45, 2.75) is 26.7 Å². The fraction of sp³-hybridized carbons (Fsp3) is 0.316. The molecule has 2 aromatic heterocycles. The minimum Gasteiger partial charge on any atom is -0.399 e. The Hall–Kier alpha value is -3.27. The number of pyridine rings is 2. The predicted octanol–water partition coefficient (Wildman–Crippen LogP) is 3.09. The molecule has 0 aliphatic rings. The van der Waals surface area contributed by atoms with Crippen molar-refractivity contribution >= 4 is 11.4 Å². The Morgan fingerprint density at radius 2 is 1.73 bits per heavy atom. The van der Waals surface area contributed by atoms with Crippen molar-refractivity contribution in [3.8, 4) is 6.07 Å². The van der Waals surface area contributed by atoms with E-state index in [1.54, 1.807) is 25.1 Å². The Labute approximate surface area is 153 Å². The average Bonchev–Trinajstić information content (AvgIpc) is 2.68. The van der Waals surface area contributed by atoms with Gasteiger partial charge in [0.1, 0.15) is 36.9 Å². The van der Waals surface area contributed by atoms with E-state index in [0.717, 1.165) is 29.9 Å². The van der Waals surface area contributed by atoms with Crippen LogP contribution in [0.15, 0.2) is 46.7 Å². The number of oxime groups is 2. The summed E-state index contributed by atoms with van der Waals surface area (Å²) in [6, 6.07) is 13.0. The highest BCUT2D eigenvalue weighted by molar-refractivity contribution is 5.97. The second-order valence-electron chi connectivity index (χ2n) is 5.51. The van der Waals surface area contributed by atoms with Gasteiger partial charge in [0.25, 0.3) is 0 Å². The first-order chi connectivity index (χ1) is 12.6. The maximum atomic E-state index is 8.88. The molecule has 0 saturated carbocycles. The number of aryl methyl sites for hydroxylation is 1. The summed E-state index contributed by atoms with van der Waals surface area (Å²) in [6.07, 6.45) is 1.55. The molecule has 0 radical (unpaired) electrons. The van der Waals surface area contributed by atoms with Crippen LogP contribution in [0.25, 0.3) is 0 Å². The molecule has 2 heterocycles. The second kappa shape index (κ2) is 9.89. The standard InChI is InChI=1S/C19H21N5O2/c1-14(23-25-3)18-10-4-7-16(21-18)9-6-12-26-24-15(2)19-11-5-8-17(13-20)22-19/h4-5,7-8,10-11H,6,9,12H2,1-3H3/b23-14+,24-15+. The predicted molar refractivity (Wildman–Crippen MR) is 98.9 cm³/mol. The Bertz CT molecular complexity index is 840. The van der Waals surface area contributed by atoms with Gasteiger partial charge in [-0.3, -0.25) is 4.98 Å². The van der Waals surface area contributed by atoms with Crippen LogP contribution in [0.5, 0.6) is 0 Å². The summed E-state index contributed by atoms with van der Waals surface area (Å²) in [4.78, 5) is 18.9. The zero-order valence-corrected chi connectivity index (χ0v) is 15.1. The summed E-state index contributed by atoms with van der Waals surface area (Å²) >= 11 is 0. The van der Waals surface area contributed by atoms with E-state index in [9.17, 15) is 0 Å². The molecule has 0 atom stereocenters. The molecule has 0 spiro atoms. The third kappa shape index (κ3) is 5.67. The topological polar surface area (TPSA) is 92.8 Å². The molecule has 2 aromatic rings. The average molecular weight is 351 g/mol. The highest BCUT2D eigenvalue weighted by Crippen LogP contribution is 2.05. The van der Waals surface area contributed by atoms with Gasteiger partial charge in [-0.2, -0.15) is 5.26 Å². The molecule has 0 N–H and O–H groups in total. The van der Waals surface area contributed by atoms with E-state index in [-0.39, 0.29) is 0 Å². The van der Waals surface area contributed by atoms with Gasteiger partial charge in [-0.25, -0.2) is 4.98 Å². The number of nitriles is 1. The van der Waals surface area contributed by atoms with Crippen molar-refractivity contribution in [1.82, 2.24) is 9.97 Å². The van der Waals surface area contributed by atoms with E-state index < -0.39 is 0 Å². The first kappa shape index (κ1) is 19.1. The van der Waals surface area contributed by atoms with Gasteiger partial charge in [0, 0.05) is 5.69 Å². The highest BCUT2D eigenvalue weighted by Gasteiger charge is 2.03. The minimum atomic E-state index is 0.357. The molecule has 0 saturated heterocycles. The molecule has 7 heteroatoms. The Morgan fingerprint density at radius 1 is 1.04 bits per heavy atom. The Balaban J connectivity index is 1.84. The summed E-state index contributed by atoms with van der Waals surface area (Å²) in [5.74, 6) is 0. The molecule has 0 aliphatic carbocycles. The molecule has 0 fully saturated rings. The first-order valence-corrected chi connectivity index (χ1v) is 8.22. The van der Waals surface area contributed by atoms with Crippen LogP contribution in [0, 0.1) is 11.3 Å². The van der Waals surface area contributed by atoms with Crippen molar-refractivity contribution in [2.24, 2.45) is 10.3 Å². The number of nitrogens with zero attached hydrogens (tertiary/aromatic N) is 5. The molecular formula is C19H21N5O2. The summed E-state index contributed by atoms with van der Waals surface area (Å²) in [7, 11) is 1.51. The van der Waals surface area contributed by atoms with E-state index >= 15 is 0 Å². The van der Waals surface area contributed by atoms with Crippen molar-refractivity contribution in [1.29, 1.82) is 5.26 Å². The minimum absolute atomic E-state index is 0.357. The van der Waals surface area contributed by atoms with Gasteiger partial charge in [0.2, 0.25) is 0 Å². The monoisotopic (exact) mass is 351 g/mol. The number of rotatable bonds is 8. The van der Waals surface area contributed by atoms with Gasteiger partial charge < -0.3 is 9.68 Å². The molecule has 134 valence electrons. The van der Waals surface area contributed by atoms with Gasteiger partial charge in [-0.1, -0.05) is 22.4 Å². The lowest BCUT2D eigenvalue weighted by Crippen LogP contribution is -2.04. The van der Waals surface area contributed by atoms with Crippen LogP contribution in [-0.2, 0) is 16.1 Å². The largest absolute Gasteiger partial charge is 0.399 e. The Morgan fingerprint density at radius 3 is 2.46 bits per heavy atom. The normalized spacial score (nSPS) is 11.8. The van der Waals surface area contributed by atoms with E-state index in [1.807, 2.05) is 31.2 Å². The van der Waals surface area contributed by atoms with Gasteiger partial charge in [0.15, 0.2) is 0 Å². The summed E-state index contributed by atoms with van der Waals surface area (Å²) in [6.45, 7) is 4.12. The van der Waals surface area contributed by atoms with Gasteiger partial charge in [-0.05, 0) is 51.0 Å². The van der Waals surface area contributed by atoms with Crippen molar-refractivity contribution in [3.63, 3.8) is 0 Å². The lowest BCUT2D eigenvalue weighted by molar-refractivity contribution is 0.141. The highest BCUT2D eigenvalue weighted by atomic mass is 16.6. The molecule has 2 rings (SSSR count). The third-order valence-corrected chi connectivity index (χ3v) is 3.51. The van der Waals surface area contributed by atoms with Crippen LogP contribution in [0.1, 0.15) is 43.0 Å². The van der Waals surface area contributed by atoms with Crippen molar-refractivity contribution < 1.29 is 9.68 Å². The molecule has 0 bridgehead atoms. The van der Waals surface area contributed by atoms with Crippen LogP contribution < -0.4 is 0 Å².